The minimum Gasteiger partial charge on any atom is -0.465 e. The smallest absolute Gasteiger partial charge is 0.320 e. The predicted molar refractivity (Wildman–Crippen MR) is 78.6 cm³/mol. The summed E-state index contributed by atoms with van der Waals surface area (Å²) in [5, 5.41) is 11.1. The lowest BCUT2D eigenvalue weighted by atomic mass is 10.1. The van der Waals surface area contributed by atoms with Crippen molar-refractivity contribution >= 4 is 43.5 Å². The first kappa shape index (κ1) is 16.1. The van der Waals surface area contributed by atoms with E-state index in [1.54, 1.807) is 19.9 Å². The molecule has 0 radical (unpaired) electrons. The third-order valence-electron chi connectivity index (χ3n) is 2.44. The third kappa shape index (κ3) is 4.28. The first-order valence-corrected chi connectivity index (χ1v) is 7.31. The molecule has 1 aromatic carbocycles. The summed E-state index contributed by atoms with van der Waals surface area (Å²) < 4.78 is 5.49. The maximum atomic E-state index is 11.6. The third-order valence-corrected chi connectivity index (χ3v) is 3.84. The van der Waals surface area contributed by atoms with Crippen molar-refractivity contribution in [1.29, 1.82) is 0 Å². The molecule has 0 heterocycles. The van der Waals surface area contributed by atoms with E-state index >= 15 is 0 Å². The van der Waals surface area contributed by atoms with Crippen LogP contribution < -0.4 is 0 Å². The van der Waals surface area contributed by atoms with Gasteiger partial charge in [0, 0.05) is 22.5 Å². The molecule has 1 rings (SSSR count). The number of aryl methyl sites for hydroxylation is 1. The van der Waals surface area contributed by atoms with Crippen LogP contribution in [0.1, 0.15) is 18.1 Å². The summed E-state index contributed by atoms with van der Waals surface area (Å²) in [5.74, 6) is -0.427. The molecule has 0 spiro atoms. The van der Waals surface area contributed by atoms with Crippen LogP contribution in [0.25, 0.3) is 0 Å². The Labute approximate surface area is 127 Å². The highest BCUT2D eigenvalue weighted by molar-refractivity contribution is 9.10. The molecule has 19 heavy (non-hydrogen) atoms. The van der Waals surface area contributed by atoms with E-state index < -0.39 is 15.7 Å². The molecule has 104 valence electrons. The van der Waals surface area contributed by atoms with Crippen LogP contribution in [0.15, 0.2) is 16.6 Å². The molecule has 0 aliphatic carbocycles. The molecule has 5 nitrogen and oxygen atoms in total. The van der Waals surface area contributed by atoms with Crippen molar-refractivity contribution in [1.82, 2.24) is 0 Å². The second kappa shape index (κ2) is 7.00. The first-order chi connectivity index (χ1) is 8.86. The highest BCUT2D eigenvalue weighted by Gasteiger charge is 2.24. The molecular formula is C12H13Br2NO4. The summed E-state index contributed by atoms with van der Waals surface area (Å²) >= 11 is 6.50. The maximum Gasteiger partial charge on any atom is 0.320 e. The first-order valence-electron chi connectivity index (χ1n) is 5.61. The molecule has 0 aliphatic heterocycles. The number of ether oxygens (including phenoxy) is 1. The largest absolute Gasteiger partial charge is 0.465 e. The van der Waals surface area contributed by atoms with Gasteiger partial charge >= 0.3 is 5.97 Å². The fraction of sp³-hybridized carbons (Fsp3) is 0.417. The number of nitro benzene ring substituents is 1. The van der Waals surface area contributed by atoms with E-state index in [0.29, 0.717) is 10.0 Å². The van der Waals surface area contributed by atoms with Gasteiger partial charge in [-0.25, -0.2) is 0 Å². The molecule has 0 saturated heterocycles. The van der Waals surface area contributed by atoms with Crippen molar-refractivity contribution in [3.05, 3.63) is 37.8 Å². The van der Waals surface area contributed by atoms with Crippen molar-refractivity contribution < 1.29 is 14.5 Å². The fourth-order valence-corrected chi connectivity index (χ4v) is 2.80. The molecule has 0 bridgehead atoms. The van der Waals surface area contributed by atoms with Crippen molar-refractivity contribution in [3.63, 3.8) is 0 Å². The number of hydrogen-bond acceptors (Lipinski definition) is 4. The molecule has 0 N–H and O–H groups in total. The Balaban J connectivity index is 3.06. The van der Waals surface area contributed by atoms with Crippen molar-refractivity contribution in [2.24, 2.45) is 0 Å². The van der Waals surface area contributed by atoms with E-state index in [1.807, 2.05) is 0 Å². The second-order valence-electron chi connectivity index (χ2n) is 3.93. The Morgan fingerprint density at radius 2 is 2.16 bits per heavy atom. The average molecular weight is 395 g/mol. The molecular weight excluding hydrogens is 382 g/mol. The van der Waals surface area contributed by atoms with Crippen molar-refractivity contribution in [3.8, 4) is 0 Å². The summed E-state index contributed by atoms with van der Waals surface area (Å²) in [5.41, 5.74) is 1.26. The summed E-state index contributed by atoms with van der Waals surface area (Å²) in [6, 6.07) is 3.28. The van der Waals surface area contributed by atoms with Gasteiger partial charge in [0.05, 0.1) is 11.5 Å². The number of benzene rings is 1. The van der Waals surface area contributed by atoms with Gasteiger partial charge in [0.1, 0.15) is 4.83 Å². The number of esters is 1. The average Bonchev–Trinajstić information content (AvgIpc) is 2.32. The van der Waals surface area contributed by atoms with Gasteiger partial charge in [-0.05, 0) is 25.5 Å². The molecule has 0 saturated carbocycles. The summed E-state index contributed by atoms with van der Waals surface area (Å²) in [4.78, 5) is 21.6. The fourth-order valence-electron chi connectivity index (χ4n) is 1.61. The van der Waals surface area contributed by atoms with Gasteiger partial charge in [-0.3, -0.25) is 14.9 Å². The Hall–Kier alpha value is -0.950. The number of nitro groups is 1. The number of rotatable bonds is 5. The number of alkyl halides is 1. The number of nitrogens with zero attached hydrogens (tertiary/aromatic N) is 1. The monoisotopic (exact) mass is 393 g/mol. The summed E-state index contributed by atoms with van der Waals surface area (Å²) in [7, 11) is 0. The number of carbonyl (C=O) groups is 1. The number of carbonyl (C=O) groups excluding carboxylic acids is 1. The van der Waals surface area contributed by atoms with Crippen LogP contribution in [-0.2, 0) is 16.0 Å². The van der Waals surface area contributed by atoms with Gasteiger partial charge in [-0.1, -0.05) is 31.9 Å². The zero-order chi connectivity index (χ0) is 14.6. The van der Waals surface area contributed by atoms with E-state index in [2.05, 4.69) is 31.9 Å². The Kier molecular flexibility index (Phi) is 5.93. The van der Waals surface area contributed by atoms with Crippen LogP contribution in [-0.4, -0.2) is 22.3 Å². The summed E-state index contributed by atoms with van der Waals surface area (Å²) in [6.45, 7) is 3.76. The van der Waals surface area contributed by atoms with E-state index in [0.717, 1.165) is 5.56 Å². The zero-order valence-electron chi connectivity index (χ0n) is 10.5. The quantitative estimate of drug-likeness (QED) is 0.331. The van der Waals surface area contributed by atoms with E-state index in [9.17, 15) is 14.9 Å². The van der Waals surface area contributed by atoms with Crippen LogP contribution in [0.3, 0.4) is 0 Å². The normalized spacial score (nSPS) is 12.0. The second-order valence-corrected chi connectivity index (χ2v) is 5.88. The van der Waals surface area contributed by atoms with Crippen LogP contribution in [0.4, 0.5) is 5.69 Å². The van der Waals surface area contributed by atoms with E-state index in [4.69, 9.17) is 4.74 Å². The van der Waals surface area contributed by atoms with Crippen LogP contribution >= 0.6 is 31.9 Å². The van der Waals surface area contributed by atoms with Crippen LogP contribution in [0, 0.1) is 17.0 Å². The van der Waals surface area contributed by atoms with Crippen LogP contribution in [0.5, 0.6) is 0 Å². The molecule has 7 heteroatoms. The molecule has 1 aromatic rings. The Morgan fingerprint density at radius 1 is 1.53 bits per heavy atom. The number of hydrogen-bond donors (Lipinski definition) is 0. The topological polar surface area (TPSA) is 69.4 Å². The van der Waals surface area contributed by atoms with Gasteiger partial charge in [-0.2, -0.15) is 0 Å². The predicted octanol–water partition coefficient (Wildman–Crippen LogP) is 3.53. The Bertz CT molecular complexity index is 505. The van der Waals surface area contributed by atoms with Crippen LogP contribution in [0.2, 0.25) is 0 Å². The molecule has 0 aromatic heterocycles. The molecule has 0 aliphatic rings. The number of halogens is 2. The van der Waals surface area contributed by atoms with Gasteiger partial charge in [0.25, 0.3) is 5.69 Å². The molecule has 1 atom stereocenters. The highest BCUT2D eigenvalue weighted by atomic mass is 79.9. The molecule has 0 fully saturated rings. The zero-order valence-corrected chi connectivity index (χ0v) is 13.7. The lowest BCUT2D eigenvalue weighted by Gasteiger charge is -2.11. The SMILES string of the molecule is CCOC(=O)C(Br)Cc1c(Br)cc(C)cc1[N+](=O)[O-]. The van der Waals surface area contributed by atoms with Gasteiger partial charge < -0.3 is 4.74 Å². The van der Waals surface area contributed by atoms with Gasteiger partial charge in [0.15, 0.2) is 0 Å². The van der Waals surface area contributed by atoms with Crippen molar-refractivity contribution in [2.75, 3.05) is 6.61 Å². The Morgan fingerprint density at radius 3 is 2.68 bits per heavy atom. The molecule has 0 amide bonds. The summed E-state index contributed by atoms with van der Waals surface area (Å²) in [6.07, 6.45) is 0.190. The minimum absolute atomic E-state index is 0.000577. The highest BCUT2D eigenvalue weighted by Crippen LogP contribution is 2.31. The van der Waals surface area contributed by atoms with Crippen molar-refractivity contribution in [2.45, 2.75) is 25.1 Å². The van der Waals surface area contributed by atoms with Gasteiger partial charge in [0.2, 0.25) is 0 Å². The minimum atomic E-state index is -0.606. The molecule has 1 unspecified atom stereocenters. The van der Waals surface area contributed by atoms with E-state index in [-0.39, 0.29) is 18.7 Å². The maximum absolute atomic E-state index is 11.6. The standard InChI is InChI=1S/C12H13Br2NO4/c1-3-19-12(16)10(14)6-8-9(13)4-7(2)5-11(8)15(17)18/h4-5,10H,3,6H2,1-2H3. The van der Waals surface area contributed by atoms with Gasteiger partial charge in [-0.15, -0.1) is 0 Å². The lowest BCUT2D eigenvalue weighted by Crippen LogP contribution is -2.20. The van der Waals surface area contributed by atoms with E-state index in [1.165, 1.54) is 6.07 Å². The lowest BCUT2D eigenvalue weighted by molar-refractivity contribution is -0.385.